The number of aliphatic hydroxyl groups excluding tert-OH is 1. The van der Waals surface area contributed by atoms with E-state index < -0.39 is 6.23 Å². The van der Waals surface area contributed by atoms with E-state index in [2.05, 4.69) is 0 Å². The van der Waals surface area contributed by atoms with Gasteiger partial charge in [0.05, 0.1) is 7.11 Å². The quantitative estimate of drug-likeness (QED) is 0.813. The van der Waals surface area contributed by atoms with Crippen molar-refractivity contribution in [1.82, 2.24) is 0 Å². The second-order valence-electron chi connectivity index (χ2n) is 4.99. The second kappa shape index (κ2) is 5.67. The first-order valence-corrected chi connectivity index (χ1v) is 6.39. The van der Waals surface area contributed by atoms with Crippen LogP contribution < -0.4 is 10.5 Å². The topological polar surface area (TPSA) is 55.5 Å². The molecule has 0 amide bonds. The minimum atomic E-state index is -0.736. The fourth-order valence-electron chi connectivity index (χ4n) is 2.80. The van der Waals surface area contributed by atoms with Crippen molar-refractivity contribution in [2.24, 2.45) is 11.7 Å². The Labute approximate surface area is 107 Å². The van der Waals surface area contributed by atoms with Crippen molar-refractivity contribution in [2.75, 3.05) is 7.11 Å². The number of methoxy groups -OCH3 is 1. The summed E-state index contributed by atoms with van der Waals surface area (Å²) >= 11 is 0. The Hall–Kier alpha value is -1.13. The van der Waals surface area contributed by atoms with Gasteiger partial charge >= 0.3 is 0 Å². The minimum absolute atomic E-state index is 0.167. The SMILES string of the molecule is COc1ccc(F)cc1C1CCC(C(N)O)CC1. The number of rotatable bonds is 3. The smallest absolute Gasteiger partial charge is 0.123 e. The lowest BCUT2D eigenvalue weighted by Gasteiger charge is -2.30. The molecule has 3 N–H and O–H groups in total. The number of aliphatic hydroxyl groups is 1. The summed E-state index contributed by atoms with van der Waals surface area (Å²) in [7, 11) is 1.60. The summed E-state index contributed by atoms with van der Waals surface area (Å²) in [5.41, 5.74) is 6.44. The van der Waals surface area contributed by atoms with Crippen LogP contribution in [0.4, 0.5) is 4.39 Å². The summed E-state index contributed by atoms with van der Waals surface area (Å²) in [6.45, 7) is 0. The molecule has 1 atom stereocenters. The zero-order chi connectivity index (χ0) is 13.1. The van der Waals surface area contributed by atoms with Crippen molar-refractivity contribution in [2.45, 2.75) is 37.8 Å². The second-order valence-corrected chi connectivity index (χ2v) is 4.99. The highest BCUT2D eigenvalue weighted by Gasteiger charge is 2.27. The molecular formula is C14H20FNO2. The number of ether oxygens (including phenoxy) is 1. The van der Waals surface area contributed by atoms with Crippen molar-refractivity contribution >= 4 is 0 Å². The van der Waals surface area contributed by atoms with Crippen LogP contribution in [0.1, 0.15) is 37.2 Å². The third-order valence-corrected chi connectivity index (χ3v) is 3.89. The summed E-state index contributed by atoms with van der Waals surface area (Å²) < 4.78 is 18.6. The van der Waals surface area contributed by atoms with Gasteiger partial charge in [0, 0.05) is 5.56 Å². The van der Waals surface area contributed by atoms with E-state index in [4.69, 9.17) is 10.5 Å². The van der Waals surface area contributed by atoms with E-state index in [0.717, 1.165) is 37.0 Å². The van der Waals surface area contributed by atoms with Gasteiger partial charge in [0.1, 0.15) is 17.8 Å². The molecule has 0 saturated heterocycles. The standard InChI is InChI=1S/C14H20FNO2/c1-18-13-7-6-11(15)8-12(13)9-2-4-10(5-3-9)14(16)17/h6-10,14,17H,2-5,16H2,1H3. The first-order valence-electron chi connectivity index (χ1n) is 6.39. The molecule has 18 heavy (non-hydrogen) atoms. The van der Waals surface area contributed by atoms with Gasteiger partial charge in [-0.15, -0.1) is 0 Å². The molecule has 1 saturated carbocycles. The van der Waals surface area contributed by atoms with Crippen molar-refractivity contribution < 1.29 is 14.2 Å². The van der Waals surface area contributed by atoms with Crippen LogP contribution in [0.3, 0.4) is 0 Å². The maximum absolute atomic E-state index is 13.3. The predicted molar refractivity (Wildman–Crippen MR) is 67.8 cm³/mol. The highest BCUT2D eigenvalue weighted by Crippen LogP contribution is 2.40. The molecule has 1 unspecified atom stereocenters. The van der Waals surface area contributed by atoms with Crippen molar-refractivity contribution in [3.05, 3.63) is 29.6 Å². The molecule has 0 radical (unpaired) electrons. The van der Waals surface area contributed by atoms with E-state index in [1.165, 1.54) is 6.07 Å². The molecule has 0 spiro atoms. The van der Waals surface area contributed by atoms with E-state index in [-0.39, 0.29) is 11.7 Å². The number of benzene rings is 1. The highest BCUT2D eigenvalue weighted by atomic mass is 19.1. The van der Waals surface area contributed by atoms with E-state index in [1.54, 1.807) is 19.2 Å². The van der Waals surface area contributed by atoms with E-state index in [1.807, 2.05) is 0 Å². The number of halogens is 1. The fraction of sp³-hybridized carbons (Fsp3) is 0.571. The van der Waals surface area contributed by atoms with Gasteiger partial charge in [0.25, 0.3) is 0 Å². The summed E-state index contributed by atoms with van der Waals surface area (Å²) in [6, 6.07) is 4.65. The monoisotopic (exact) mass is 253 g/mol. The molecule has 0 aromatic heterocycles. The van der Waals surface area contributed by atoms with Crippen LogP contribution in [0, 0.1) is 11.7 Å². The molecule has 0 heterocycles. The summed E-state index contributed by atoms with van der Waals surface area (Å²) in [5, 5.41) is 9.37. The Morgan fingerprint density at radius 1 is 1.33 bits per heavy atom. The Morgan fingerprint density at radius 2 is 2.00 bits per heavy atom. The molecule has 4 heteroatoms. The molecule has 2 rings (SSSR count). The van der Waals surface area contributed by atoms with Crippen LogP contribution in [0.25, 0.3) is 0 Å². The molecule has 1 aromatic rings. The van der Waals surface area contributed by atoms with Gasteiger partial charge in [0.2, 0.25) is 0 Å². The van der Waals surface area contributed by atoms with Gasteiger partial charge in [-0.3, -0.25) is 0 Å². The summed E-state index contributed by atoms with van der Waals surface area (Å²) in [6.07, 6.45) is 2.85. The Balaban J connectivity index is 2.11. The van der Waals surface area contributed by atoms with Gasteiger partial charge in [-0.25, -0.2) is 4.39 Å². The maximum atomic E-state index is 13.3. The molecule has 0 bridgehead atoms. The first kappa shape index (κ1) is 13.3. The summed E-state index contributed by atoms with van der Waals surface area (Å²) in [4.78, 5) is 0. The normalized spacial score (nSPS) is 25.8. The zero-order valence-electron chi connectivity index (χ0n) is 10.6. The van der Waals surface area contributed by atoms with Crippen LogP contribution in [0.5, 0.6) is 5.75 Å². The largest absolute Gasteiger partial charge is 0.496 e. The van der Waals surface area contributed by atoms with Gasteiger partial charge < -0.3 is 15.6 Å². The minimum Gasteiger partial charge on any atom is -0.496 e. The molecule has 1 aliphatic carbocycles. The lowest BCUT2D eigenvalue weighted by Crippen LogP contribution is -2.32. The first-order chi connectivity index (χ1) is 8.61. The molecule has 3 nitrogen and oxygen atoms in total. The van der Waals surface area contributed by atoms with E-state index in [9.17, 15) is 9.50 Å². The van der Waals surface area contributed by atoms with Gasteiger partial charge in [-0.1, -0.05) is 0 Å². The van der Waals surface area contributed by atoms with E-state index >= 15 is 0 Å². The molecule has 0 aliphatic heterocycles. The predicted octanol–water partition coefficient (Wildman–Crippen LogP) is 2.39. The number of hydrogen-bond acceptors (Lipinski definition) is 3. The fourth-order valence-corrected chi connectivity index (χ4v) is 2.80. The van der Waals surface area contributed by atoms with Crippen molar-refractivity contribution in [3.8, 4) is 5.75 Å². The van der Waals surface area contributed by atoms with E-state index in [0.29, 0.717) is 5.92 Å². The third-order valence-electron chi connectivity index (χ3n) is 3.89. The van der Waals surface area contributed by atoms with Gasteiger partial charge in [-0.2, -0.15) is 0 Å². The highest BCUT2D eigenvalue weighted by molar-refractivity contribution is 5.37. The van der Waals surface area contributed by atoms with Gasteiger partial charge in [0.15, 0.2) is 0 Å². The molecule has 100 valence electrons. The van der Waals surface area contributed by atoms with Crippen LogP contribution >= 0.6 is 0 Å². The van der Waals surface area contributed by atoms with Crippen molar-refractivity contribution in [1.29, 1.82) is 0 Å². The van der Waals surface area contributed by atoms with Crippen LogP contribution in [-0.4, -0.2) is 18.4 Å². The number of hydrogen-bond donors (Lipinski definition) is 2. The molecule has 1 aromatic carbocycles. The van der Waals surface area contributed by atoms with Crippen LogP contribution in [0.15, 0.2) is 18.2 Å². The van der Waals surface area contributed by atoms with Crippen LogP contribution in [-0.2, 0) is 0 Å². The molecule has 1 aliphatic rings. The molecular weight excluding hydrogens is 233 g/mol. The van der Waals surface area contributed by atoms with Crippen molar-refractivity contribution in [3.63, 3.8) is 0 Å². The third kappa shape index (κ3) is 2.82. The number of nitrogens with two attached hydrogens (primary N) is 1. The lowest BCUT2D eigenvalue weighted by atomic mass is 9.78. The maximum Gasteiger partial charge on any atom is 0.123 e. The zero-order valence-corrected chi connectivity index (χ0v) is 10.6. The lowest BCUT2D eigenvalue weighted by molar-refractivity contribution is 0.0864. The van der Waals surface area contributed by atoms with Gasteiger partial charge in [-0.05, 0) is 55.7 Å². The Kier molecular flexibility index (Phi) is 4.19. The summed E-state index contributed by atoms with van der Waals surface area (Å²) in [5.74, 6) is 0.978. The molecule has 1 fully saturated rings. The average molecular weight is 253 g/mol. The average Bonchev–Trinajstić information content (AvgIpc) is 2.39. The Bertz CT molecular complexity index is 401. The van der Waals surface area contributed by atoms with Crippen LogP contribution in [0.2, 0.25) is 0 Å². The Morgan fingerprint density at radius 3 is 2.56 bits per heavy atom.